The van der Waals surface area contributed by atoms with Crippen molar-refractivity contribution < 1.29 is 23.9 Å². The van der Waals surface area contributed by atoms with Crippen LogP contribution in [0.4, 0.5) is 0 Å². The lowest BCUT2D eigenvalue weighted by atomic mass is 9.69. The first-order chi connectivity index (χ1) is 15.9. The molecular formula is C22H40N6O5. The number of nitrogens with zero attached hydrogens (tertiary/aromatic N) is 1. The molecule has 0 aromatic rings. The molecule has 33 heavy (non-hydrogen) atoms. The number of carbonyl (C=O) groups excluding carboxylic acids is 3. The molecule has 1 saturated carbocycles. The smallest absolute Gasteiger partial charge is 0.323 e. The number of amidine groups is 1. The number of esters is 2. The summed E-state index contributed by atoms with van der Waals surface area (Å²) in [6.45, 7) is 3.52. The summed E-state index contributed by atoms with van der Waals surface area (Å²) in [4.78, 5) is 35.5. The van der Waals surface area contributed by atoms with Crippen LogP contribution in [0.2, 0.25) is 0 Å². The Morgan fingerprint density at radius 3 is 2.67 bits per heavy atom. The Kier molecular flexibility index (Phi) is 12.0. The van der Waals surface area contributed by atoms with E-state index in [-0.39, 0.29) is 43.3 Å². The molecule has 1 amide bonds. The average Bonchev–Trinajstić information content (AvgIpc) is 2.81. The van der Waals surface area contributed by atoms with Crippen molar-refractivity contribution in [2.75, 3.05) is 26.3 Å². The van der Waals surface area contributed by atoms with Crippen molar-refractivity contribution >= 4 is 23.7 Å². The van der Waals surface area contributed by atoms with E-state index >= 15 is 0 Å². The minimum atomic E-state index is -0.380. The molecule has 11 nitrogen and oxygen atoms in total. The molecule has 4 unspecified atom stereocenters. The van der Waals surface area contributed by atoms with Crippen LogP contribution in [0, 0.1) is 17.8 Å². The maximum atomic E-state index is 12.5. The Hall–Kier alpha value is -2.40. The van der Waals surface area contributed by atoms with Crippen molar-refractivity contribution in [3.05, 3.63) is 0 Å². The first kappa shape index (κ1) is 26.8. The lowest BCUT2D eigenvalue weighted by Crippen LogP contribution is -2.50. The molecule has 0 aromatic carbocycles. The zero-order valence-electron chi connectivity index (χ0n) is 19.6. The number of nitrogens with two attached hydrogens (primary N) is 2. The quantitative estimate of drug-likeness (QED) is 0.0636. The summed E-state index contributed by atoms with van der Waals surface area (Å²) in [5.41, 5.74) is 8.04. The summed E-state index contributed by atoms with van der Waals surface area (Å²) in [6.07, 6.45) is 6.60. The fourth-order valence-electron chi connectivity index (χ4n) is 4.70. The largest absolute Gasteiger partial charge is 0.466 e. The monoisotopic (exact) mass is 468 g/mol. The summed E-state index contributed by atoms with van der Waals surface area (Å²) in [5, 5.41) is 9.88. The summed E-state index contributed by atoms with van der Waals surface area (Å²) in [5.74, 6) is 6.55. The number of hydrazine groups is 1. The number of amides is 1. The summed E-state index contributed by atoms with van der Waals surface area (Å²) in [6, 6.07) is -0.280. The van der Waals surface area contributed by atoms with E-state index in [9.17, 15) is 14.4 Å². The maximum Gasteiger partial charge on any atom is 0.323 e. The van der Waals surface area contributed by atoms with Gasteiger partial charge in [0, 0.05) is 19.4 Å². The molecule has 4 atom stereocenters. The van der Waals surface area contributed by atoms with E-state index in [4.69, 9.17) is 21.1 Å². The van der Waals surface area contributed by atoms with E-state index in [0.29, 0.717) is 43.2 Å². The van der Waals surface area contributed by atoms with Crippen molar-refractivity contribution in [1.82, 2.24) is 16.2 Å². The Bertz CT molecular complexity index is 674. The molecule has 2 aliphatic rings. The molecule has 0 radical (unpaired) electrons. The second-order valence-electron chi connectivity index (χ2n) is 8.84. The summed E-state index contributed by atoms with van der Waals surface area (Å²) < 4.78 is 10.2. The number of nitrogens with one attached hydrogen (secondary N) is 3. The lowest BCUT2D eigenvalue weighted by Gasteiger charge is -2.42. The van der Waals surface area contributed by atoms with E-state index in [0.717, 1.165) is 38.6 Å². The van der Waals surface area contributed by atoms with Gasteiger partial charge in [-0.25, -0.2) is 11.4 Å². The predicted molar refractivity (Wildman–Crippen MR) is 123 cm³/mol. The zero-order chi connectivity index (χ0) is 24.1. The molecule has 2 fully saturated rings. The second-order valence-corrected chi connectivity index (χ2v) is 8.84. The normalized spacial score (nSPS) is 25.0. The van der Waals surface area contributed by atoms with Gasteiger partial charge in [0.15, 0.2) is 0 Å². The fourth-order valence-corrected chi connectivity index (χ4v) is 4.70. The lowest BCUT2D eigenvalue weighted by molar-refractivity contribution is -0.148. The highest BCUT2D eigenvalue weighted by atomic mass is 16.5. The number of hydrogen-bond donors (Lipinski definition) is 5. The van der Waals surface area contributed by atoms with E-state index in [1.807, 2.05) is 0 Å². The van der Waals surface area contributed by atoms with Gasteiger partial charge in [0.05, 0.1) is 19.6 Å². The third-order valence-corrected chi connectivity index (χ3v) is 6.46. The van der Waals surface area contributed by atoms with Crippen LogP contribution in [0.3, 0.4) is 0 Å². The molecule has 1 aliphatic heterocycles. The molecule has 0 aromatic heterocycles. The first-order valence-electron chi connectivity index (χ1n) is 12.0. The van der Waals surface area contributed by atoms with Gasteiger partial charge in [0.2, 0.25) is 5.91 Å². The summed E-state index contributed by atoms with van der Waals surface area (Å²) >= 11 is 0. The number of piperidine rings is 1. The van der Waals surface area contributed by atoms with E-state index in [1.54, 1.807) is 6.92 Å². The highest BCUT2D eigenvalue weighted by Crippen LogP contribution is 2.40. The van der Waals surface area contributed by atoms with Crippen LogP contribution < -0.4 is 27.7 Å². The highest BCUT2D eigenvalue weighted by molar-refractivity contribution is 5.81. The highest BCUT2D eigenvalue weighted by Gasteiger charge is 2.38. The van der Waals surface area contributed by atoms with Crippen molar-refractivity contribution in [3.8, 4) is 0 Å². The van der Waals surface area contributed by atoms with Gasteiger partial charge in [-0.3, -0.25) is 14.4 Å². The number of fused-ring (bicyclic) bond motifs is 1. The standard InChI is InChI=1S/C22H40N6O5/c1-2-32-21(30)9-8-20(29)25-10-3-11-33-22(31)18-13-17-12-15(4-6-16(17)14-26-18)5-7-19(23)27-28-24/h15-18,26,28H,2-14,24H2,1H3,(H2,23,27)(H,25,29). The van der Waals surface area contributed by atoms with Crippen LogP contribution in [-0.4, -0.2) is 56.0 Å². The van der Waals surface area contributed by atoms with Gasteiger partial charge in [0.25, 0.3) is 0 Å². The van der Waals surface area contributed by atoms with Crippen molar-refractivity contribution in [3.63, 3.8) is 0 Å². The van der Waals surface area contributed by atoms with Crippen molar-refractivity contribution in [1.29, 1.82) is 0 Å². The van der Waals surface area contributed by atoms with Crippen LogP contribution in [0.15, 0.2) is 5.10 Å². The number of hydrazone groups is 1. The van der Waals surface area contributed by atoms with Gasteiger partial charge >= 0.3 is 11.9 Å². The molecule has 11 heteroatoms. The fraction of sp³-hybridized carbons (Fsp3) is 0.818. The molecule has 188 valence electrons. The number of carbonyl (C=O) groups is 3. The number of ether oxygens (including phenoxy) is 2. The molecule has 0 bridgehead atoms. The molecule has 2 rings (SSSR count). The topological polar surface area (TPSA) is 170 Å². The minimum absolute atomic E-state index is 0.0664. The Morgan fingerprint density at radius 1 is 1.09 bits per heavy atom. The molecule has 1 heterocycles. The van der Waals surface area contributed by atoms with E-state index in [1.165, 1.54) is 6.42 Å². The maximum absolute atomic E-state index is 12.5. The van der Waals surface area contributed by atoms with E-state index in [2.05, 4.69) is 21.3 Å². The van der Waals surface area contributed by atoms with Crippen LogP contribution in [0.1, 0.15) is 64.7 Å². The predicted octanol–water partition coefficient (Wildman–Crippen LogP) is 0.289. The summed E-state index contributed by atoms with van der Waals surface area (Å²) in [7, 11) is 0. The average molecular weight is 469 g/mol. The van der Waals surface area contributed by atoms with Crippen molar-refractivity contribution in [2.24, 2.45) is 34.4 Å². The van der Waals surface area contributed by atoms with Gasteiger partial charge in [0.1, 0.15) is 11.9 Å². The van der Waals surface area contributed by atoms with Gasteiger partial charge in [-0.1, -0.05) is 6.42 Å². The van der Waals surface area contributed by atoms with Crippen LogP contribution in [0.5, 0.6) is 0 Å². The van der Waals surface area contributed by atoms with Crippen molar-refractivity contribution in [2.45, 2.75) is 70.8 Å². The van der Waals surface area contributed by atoms with Gasteiger partial charge < -0.3 is 25.8 Å². The van der Waals surface area contributed by atoms with Gasteiger partial charge in [-0.05, 0) is 63.3 Å². The molecule has 0 spiro atoms. The molecule has 7 N–H and O–H groups in total. The van der Waals surface area contributed by atoms with Gasteiger partial charge in [-0.15, -0.1) is 0 Å². The van der Waals surface area contributed by atoms with Crippen LogP contribution in [-0.2, 0) is 23.9 Å². The second kappa shape index (κ2) is 14.7. The molecule has 1 aliphatic carbocycles. The number of rotatable bonds is 13. The van der Waals surface area contributed by atoms with E-state index < -0.39 is 0 Å². The van der Waals surface area contributed by atoms with Crippen LogP contribution >= 0.6 is 0 Å². The first-order valence-corrected chi connectivity index (χ1v) is 12.0. The zero-order valence-corrected chi connectivity index (χ0v) is 19.6. The SMILES string of the molecule is CCOC(=O)CCC(=O)NCCCOC(=O)C1CC2CC(CC/C(N)=N/NN)CCC2CN1. The minimum Gasteiger partial charge on any atom is -0.466 e. The Labute approximate surface area is 195 Å². The molecular weight excluding hydrogens is 428 g/mol. The van der Waals surface area contributed by atoms with Gasteiger partial charge in [-0.2, -0.15) is 5.10 Å². The molecule has 1 saturated heterocycles. The Balaban J connectivity index is 1.61. The number of hydrogen-bond acceptors (Lipinski definition) is 9. The third kappa shape index (κ3) is 9.95. The van der Waals surface area contributed by atoms with Crippen LogP contribution in [0.25, 0.3) is 0 Å². The Morgan fingerprint density at radius 2 is 1.91 bits per heavy atom. The third-order valence-electron chi connectivity index (χ3n) is 6.46.